The van der Waals surface area contributed by atoms with Crippen molar-refractivity contribution < 1.29 is 33.3 Å². The molecule has 9 nitrogen and oxygen atoms in total. The monoisotopic (exact) mass is 474 g/mol. The summed E-state index contributed by atoms with van der Waals surface area (Å²) >= 11 is 0. The third-order valence-corrected chi connectivity index (χ3v) is 5.09. The molecule has 4 rings (SSSR count). The van der Waals surface area contributed by atoms with Crippen LogP contribution in [0.1, 0.15) is 26.3 Å². The number of nitrogens with one attached hydrogen (secondary N) is 2. The highest BCUT2D eigenvalue weighted by molar-refractivity contribution is 6.11. The van der Waals surface area contributed by atoms with E-state index in [0.717, 1.165) is 0 Å². The van der Waals surface area contributed by atoms with Gasteiger partial charge in [-0.3, -0.25) is 9.59 Å². The number of methoxy groups -OCH3 is 2. The predicted molar refractivity (Wildman–Crippen MR) is 127 cm³/mol. The van der Waals surface area contributed by atoms with E-state index in [4.69, 9.17) is 18.9 Å². The van der Waals surface area contributed by atoms with Crippen molar-refractivity contribution in [2.24, 2.45) is 0 Å². The van der Waals surface area contributed by atoms with Gasteiger partial charge >= 0.3 is 5.97 Å². The normalized spacial score (nSPS) is 12.0. The minimum atomic E-state index is -0.604. The molecule has 9 heteroatoms. The molecule has 0 aromatic heterocycles. The highest BCUT2D eigenvalue weighted by Crippen LogP contribution is 2.33. The number of carbonyl (C=O) groups excluding carboxylic acids is 3. The third kappa shape index (κ3) is 5.41. The smallest absolute Gasteiger partial charge is 0.337 e. The van der Waals surface area contributed by atoms with Crippen LogP contribution in [0.5, 0.6) is 17.2 Å². The molecule has 0 radical (unpaired) electrons. The Morgan fingerprint density at radius 1 is 0.914 bits per heavy atom. The van der Waals surface area contributed by atoms with Crippen molar-refractivity contribution in [1.82, 2.24) is 5.32 Å². The minimum absolute atomic E-state index is 0.0387. The number of hydrogen-bond acceptors (Lipinski definition) is 7. The Bertz CT molecular complexity index is 1320. The summed E-state index contributed by atoms with van der Waals surface area (Å²) in [5.74, 6) is -0.202. The van der Waals surface area contributed by atoms with Crippen LogP contribution in [0, 0.1) is 0 Å². The molecular weight excluding hydrogens is 452 g/mol. The SMILES string of the molecule is COC(=O)c1cccc(NC(=O)/C(=C\c2ccc3c(c2)OCO3)NC(=O)c2ccccc2OC)c1. The van der Waals surface area contributed by atoms with Gasteiger partial charge in [0.25, 0.3) is 11.8 Å². The van der Waals surface area contributed by atoms with E-state index in [-0.39, 0.29) is 23.6 Å². The second-order valence-corrected chi connectivity index (χ2v) is 7.35. The van der Waals surface area contributed by atoms with Crippen LogP contribution in [0.15, 0.2) is 72.4 Å². The van der Waals surface area contributed by atoms with Crippen LogP contribution in [-0.2, 0) is 9.53 Å². The van der Waals surface area contributed by atoms with Crippen molar-refractivity contribution in [3.63, 3.8) is 0 Å². The van der Waals surface area contributed by atoms with Crippen LogP contribution in [-0.4, -0.2) is 38.8 Å². The summed E-state index contributed by atoms with van der Waals surface area (Å²) in [4.78, 5) is 38.1. The number of amides is 2. The first-order chi connectivity index (χ1) is 17.0. The molecule has 0 aliphatic carbocycles. The third-order valence-electron chi connectivity index (χ3n) is 5.09. The Kier molecular flexibility index (Phi) is 6.96. The number of benzene rings is 3. The van der Waals surface area contributed by atoms with Crippen LogP contribution in [0.25, 0.3) is 6.08 Å². The van der Waals surface area contributed by atoms with Crippen molar-refractivity contribution in [2.45, 2.75) is 0 Å². The van der Waals surface area contributed by atoms with Crippen molar-refractivity contribution >= 4 is 29.5 Å². The standard InChI is InChI=1S/C26H22N2O7/c1-32-21-9-4-3-8-19(21)24(29)28-20(12-16-10-11-22-23(13-16)35-15-34-22)25(30)27-18-7-5-6-17(14-18)26(31)33-2/h3-14H,15H2,1-2H3,(H,27,30)(H,28,29)/b20-12+. The molecular formula is C26H22N2O7. The fourth-order valence-corrected chi connectivity index (χ4v) is 3.39. The maximum absolute atomic E-state index is 13.2. The Morgan fingerprint density at radius 3 is 2.51 bits per heavy atom. The van der Waals surface area contributed by atoms with E-state index in [2.05, 4.69) is 10.6 Å². The van der Waals surface area contributed by atoms with Crippen LogP contribution in [0.4, 0.5) is 5.69 Å². The van der Waals surface area contributed by atoms with Crippen molar-refractivity contribution in [1.29, 1.82) is 0 Å². The van der Waals surface area contributed by atoms with Gasteiger partial charge in [0.2, 0.25) is 6.79 Å². The fraction of sp³-hybridized carbons (Fsp3) is 0.115. The number of hydrogen-bond donors (Lipinski definition) is 2. The Balaban J connectivity index is 1.65. The van der Waals surface area contributed by atoms with Gasteiger partial charge in [-0.1, -0.05) is 24.3 Å². The van der Waals surface area contributed by atoms with Gasteiger partial charge in [-0.25, -0.2) is 4.79 Å². The van der Waals surface area contributed by atoms with E-state index in [1.54, 1.807) is 60.7 Å². The molecule has 35 heavy (non-hydrogen) atoms. The molecule has 178 valence electrons. The van der Waals surface area contributed by atoms with Gasteiger partial charge in [0.1, 0.15) is 11.4 Å². The summed E-state index contributed by atoms with van der Waals surface area (Å²) in [6.45, 7) is 0.108. The molecule has 0 spiro atoms. The summed E-state index contributed by atoms with van der Waals surface area (Å²) in [5, 5.41) is 5.36. The summed E-state index contributed by atoms with van der Waals surface area (Å²) in [5.41, 5.74) is 1.43. The van der Waals surface area contributed by atoms with Crippen LogP contribution < -0.4 is 24.8 Å². The van der Waals surface area contributed by atoms with Crippen molar-refractivity contribution in [3.05, 3.63) is 89.1 Å². The first-order valence-corrected chi connectivity index (χ1v) is 10.5. The van der Waals surface area contributed by atoms with Crippen LogP contribution in [0.3, 0.4) is 0 Å². The molecule has 3 aromatic rings. The lowest BCUT2D eigenvalue weighted by molar-refractivity contribution is -0.113. The number of rotatable bonds is 7. The summed E-state index contributed by atoms with van der Waals surface area (Å²) < 4.78 is 20.7. The predicted octanol–water partition coefficient (Wildman–Crippen LogP) is 3.62. The second kappa shape index (κ2) is 10.4. The lowest BCUT2D eigenvalue weighted by atomic mass is 10.1. The first-order valence-electron chi connectivity index (χ1n) is 10.5. The van der Waals surface area contributed by atoms with E-state index in [1.165, 1.54) is 26.4 Å². The number of esters is 1. The molecule has 1 aliphatic rings. The number of ether oxygens (including phenoxy) is 4. The highest BCUT2D eigenvalue weighted by Gasteiger charge is 2.19. The van der Waals surface area contributed by atoms with Crippen LogP contribution in [0.2, 0.25) is 0 Å². The highest BCUT2D eigenvalue weighted by atomic mass is 16.7. The Hall–Kier alpha value is -4.79. The van der Waals surface area contributed by atoms with Gasteiger partial charge in [-0.15, -0.1) is 0 Å². The zero-order chi connectivity index (χ0) is 24.8. The molecule has 0 fully saturated rings. The largest absolute Gasteiger partial charge is 0.496 e. The van der Waals surface area contributed by atoms with Gasteiger partial charge in [0, 0.05) is 5.69 Å². The van der Waals surface area contributed by atoms with Gasteiger partial charge < -0.3 is 29.6 Å². The summed E-state index contributed by atoms with van der Waals surface area (Å²) in [6.07, 6.45) is 1.51. The number of fused-ring (bicyclic) bond motifs is 1. The number of anilines is 1. The molecule has 0 bridgehead atoms. The van der Waals surface area contributed by atoms with Gasteiger partial charge in [0.15, 0.2) is 11.5 Å². The molecule has 2 amide bonds. The second-order valence-electron chi connectivity index (χ2n) is 7.35. The Labute approximate surface area is 201 Å². The van der Waals surface area contributed by atoms with Gasteiger partial charge in [-0.05, 0) is 54.1 Å². The molecule has 1 heterocycles. The van der Waals surface area contributed by atoms with Crippen molar-refractivity contribution in [2.75, 3.05) is 26.3 Å². The van der Waals surface area contributed by atoms with Crippen LogP contribution >= 0.6 is 0 Å². The summed E-state index contributed by atoms with van der Waals surface area (Å²) in [7, 11) is 2.73. The van der Waals surface area contributed by atoms with Gasteiger partial charge in [0.05, 0.1) is 25.3 Å². The maximum Gasteiger partial charge on any atom is 0.337 e. The lowest BCUT2D eigenvalue weighted by Crippen LogP contribution is -2.31. The van der Waals surface area contributed by atoms with E-state index in [9.17, 15) is 14.4 Å². The van der Waals surface area contributed by atoms with Crippen molar-refractivity contribution in [3.8, 4) is 17.2 Å². The van der Waals surface area contributed by atoms with E-state index in [1.807, 2.05) is 0 Å². The Morgan fingerprint density at radius 2 is 1.71 bits per heavy atom. The van der Waals surface area contributed by atoms with Gasteiger partial charge in [-0.2, -0.15) is 0 Å². The zero-order valence-corrected chi connectivity index (χ0v) is 19.0. The number of para-hydroxylation sites is 1. The average Bonchev–Trinajstić information content (AvgIpc) is 3.35. The fourth-order valence-electron chi connectivity index (χ4n) is 3.39. The van der Waals surface area contributed by atoms with E-state index >= 15 is 0 Å². The topological polar surface area (TPSA) is 112 Å². The molecule has 0 atom stereocenters. The lowest BCUT2D eigenvalue weighted by Gasteiger charge is -2.13. The van der Waals surface area contributed by atoms with E-state index < -0.39 is 17.8 Å². The maximum atomic E-state index is 13.2. The summed E-state index contributed by atoms with van der Waals surface area (Å²) in [6, 6.07) is 18.1. The first kappa shape index (κ1) is 23.4. The molecule has 1 aliphatic heterocycles. The van der Waals surface area contributed by atoms with E-state index in [0.29, 0.717) is 28.5 Å². The molecule has 0 saturated carbocycles. The number of carbonyl (C=O) groups is 3. The zero-order valence-electron chi connectivity index (χ0n) is 19.0. The molecule has 0 saturated heterocycles. The molecule has 2 N–H and O–H groups in total. The average molecular weight is 474 g/mol. The molecule has 0 unspecified atom stereocenters. The quantitative estimate of drug-likeness (QED) is 0.397. The minimum Gasteiger partial charge on any atom is -0.496 e. The molecule has 3 aromatic carbocycles.